The third-order valence-electron chi connectivity index (χ3n) is 5.63. The fourth-order valence-corrected chi connectivity index (χ4v) is 4.99. The molecule has 0 bridgehead atoms. The van der Waals surface area contributed by atoms with E-state index in [4.69, 9.17) is 18.6 Å². The van der Waals surface area contributed by atoms with Crippen LogP contribution in [0.15, 0.2) is 45.4 Å². The Morgan fingerprint density at radius 1 is 1.19 bits per heavy atom. The summed E-state index contributed by atoms with van der Waals surface area (Å²) >= 11 is 1.33. The summed E-state index contributed by atoms with van der Waals surface area (Å²) in [5, 5.41) is 1.88. The van der Waals surface area contributed by atoms with E-state index in [0.29, 0.717) is 78.4 Å². The fraction of sp³-hybridized carbons (Fsp3) is 0.304. The second kappa shape index (κ2) is 8.33. The van der Waals surface area contributed by atoms with Crippen molar-refractivity contribution in [2.75, 3.05) is 56.4 Å². The second-order valence-electron chi connectivity index (χ2n) is 7.39. The SMILES string of the molecule is C=CC(=O)N1CCOc2ccc(-c3csc4c(=O)cc(N5CCOCC5)oc34)c(OC)c21. The van der Waals surface area contributed by atoms with Crippen molar-refractivity contribution in [3.05, 3.63) is 46.5 Å². The summed E-state index contributed by atoms with van der Waals surface area (Å²) in [7, 11) is 1.55. The zero-order valence-electron chi connectivity index (χ0n) is 17.6. The molecule has 1 aromatic carbocycles. The average Bonchev–Trinajstić information content (AvgIpc) is 3.27. The first-order valence-electron chi connectivity index (χ1n) is 10.3. The molecule has 0 aliphatic carbocycles. The maximum atomic E-state index is 12.8. The maximum Gasteiger partial charge on any atom is 0.250 e. The molecule has 1 amide bonds. The van der Waals surface area contributed by atoms with Crippen LogP contribution in [0.4, 0.5) is 11.6 Å². The summed E-state index contributed by atoms with van der Waals surface area (Å²) in [6.45, 7) is 6.87. The van der Waals surface area contributed by atoms with Crippen molar-refractivity contribution in [3.8, 4) is 22.6 Å². The van der Waals surface area contributed by atoms with E-state index in [1.54, 1.807) is 12.0 Å². The first kappa shape index (κ1) is 20.6. The van der Waals surface area contributed by atoms with Gasteiger partial charge in [0.1, 0.15) is 22.7 Å². The van der Waals surface area contributed by atoms with E-state index in [1.165, 1.54) is 23.5 Å². The van der Waals surface area contributed by atoms with Crippen molar-refractivity contribution in [1.82, 2.24) is 0 Å². The van der Waals surface area contributed by atoms with Crippen LogP contribution in [0.25, 0.3) is 21.4 Å². The molecule has 0 spiro atoms. The van der Waals surface area contributed by atoms with E-state index in [2.05, 4.69) is 6.58 Å². The molecule has 0 N–H and O–H groups in total. The number of nitrogens with zero attached hydrogens (tertiary/aromatic N) is 2. The van der Waals surface area contributed by atoms with E-state index in [0.717, 1.165) is 5.56 Å². The number of fused-ring (bicyclic) bond motifs is 2. The van der Waals surface area contributed by atoms with Gasteiger partial charge < -0.3 is 23.5 Å². The minimum Gasteiger partial charge on any atom is -0.494 e. The number of rotatable bonds is 4. The van der Waals surface area contributed by atoms with Gasteiger partial charge in [-0.1, -0.05) is 6.58 Å². The number of ether oxygens (including phenoxy) is 3. The van der Waals surface area contributed by atoms with Gasteiger partial charge in [-0.3, -0.25) is 14.5 Å². The van der Waals surface area contributed by atoms with E-state index in [1.807, 2.05) is 22.4 Å². The minimum atomic E-state index is -0.235. The molecule has 2 aromatic heterocycles. The summed E-state index contributed by atoms with van der Waals surface area (Å²) in [4.78, 5) is 28.9. The largest absolute Gasteiger partial charge is 0.494 e. The summed E-state index contributed by atoms with van der Waals surface area (Å²) in [6.07, 6.45) is 1.27. The molecule has 9 heteroatoms. The molecule has 5 rings (SSSR count). The highest BCUT2D eigenvalue weighted by molar-refractivity contribution is 7.17. The van der Waals surface area contributed by atoms with Crippen LogP contribution in [-0.4, -0.2) is 52.5 Å². The number of benzene rings is 1. The lowest BCUT2D eigenvalue weighted by Gasteiger charge is -2.31. The van der Waals surface area contributed by atoms with Crippen molar-refractivity contribution in [3.63, 3.8) is 0 Å². The number of thiophene rings is 1. The lowest BCUT2D eigenvalue weighted by molar-refractivity contribution is -0.114. The summed E-state index contributed by atoms with van der Waals surface area (Å²) in [5.41, 5.74) is 2.40. The van der Waals surface area contributed by atoms with Gasteiger partial charge in [0, 0.05) is 35.7 Å². The Balaban J connectivity index is 1.69. The molecular formula is C23H22N2O6S. The zero-order valence-corrected chi connectivity index (χ0v) is 18.4. The number of hydrogen-bond acceptors (Lipinski definition) is 8. The molecule has 166 valence electrons. The Hall–Kier alpha value is -3.30. The number of hydrogen-bond donors (Lipinski definition) is 0. The smallest absolute Gasteiger partial charge is 0.250 e. The summed E-state index contributed by atoms with van der Waals surface area (Å²) in [5.74, 6) is 1.33. The Bertz CT molecular complexity index is 1260. The van der Waals surface area contributed by atoms with Crippen LogP contribution in [0.3, 0.4) is 0 Å². The normalized spacial score (nSPS) is 15.9. The standard InChI is InChI=1S/C23H22N2O6S/c1-3-18(27)25-8-11-30-17-5-4-14(21(28-2)20(17)25)15-13-32-23-16(26)12-19(31-22(15)23)24-6-9-29-10-7-24/h3-5,12-13H,1,6-11H2,2H3. The predicted octanol–water partition coefficient (Wildman–Crippen LogP) is 3.28. The zero-order chi connectivity index (χ0) is 22.2. The molecule has 2 aliphatic rings. The van der Waals surface area contributed by atoms with Gasteiger partial charge in [0.05, 0.1) is 26.9 Å². The van der Waals surface area contributed by atoms with Crippen molar-refractivity contribution in [2.24, 2.45) is 0 Å². The van der Waals surface area contributed by atoms with Crippen LogP contribution in [-0.2, 0) is 9.53 Å². The molecule has 0 radical (unpaired) electrons. The molecule has 1 saturated heterocycles. The van der Waals surface area contributed by atoms with Crippen molar-refractivity contribution in [1.29, 1.82) is 0 Å². The Morgan fingerprint density at radius 2 is 2.00 bits per heavy atom. The number of anilines is 2. The van der Waals surface area contributed by atoms with E-state index < -0.39 is 0 Å². The van der Waals surface area contributed by atoms with Gasteiger partial charge in [-0.2, -0.15) is 0 Å². The first-order valence-corrected chi connectivity index (χ1v) is 11.2. The van der Waals surface area contributed by atoms with Crippen LogP contribution in [0.2, 0.25) is 0 Å². The number of morpholine rings is 1. The highest BCUT2D eigenvalue weighted by Gasteiger charge is 2.29. The third kappa shape index (κ3) is 3.34. The van der Waals surface area contributed by atoms with Gasteiger partial charge in [0.25, 0.3) is 5.91 Å². The van der Waals surface area contributed by atoms with Gasteiger partial charge in [0.15, 0.2) is 17.2 Å². The molecule has 3 aromatic rings. The number of methoxy groups -OCH3 is 1. The van der Waals surface area contributed by atoms with Crippen molar-refractivity contribution < 1.29 is 23.4 Å². The molecule has 4 heterocycles. The van der Waals surface area contributed by atoms with Crippen LogP contribution < -0.4 is 24.7 Å². The van der Waals surface area contributed by atoms with Gasteiger partial charge in [0.2, 0.25) is 5.43 Å². The fourth-order valence-electron chi connectivity index (χ4n) is 4.09. The lowest BCUT2D eigenvalue weighted by Crippen LogP contribution is -2.37. The molecule has 2 aliphatic heterocycles. The van der Waals surface area contributed by atoms with E-state index in [-0.39, 0.29) is 11.3 Å². The molecule has 8 nitrogen and oxygen atoms in total. The lowest BCUT2D eigenvalue weighted by atomic mass is 10.0. The topological polar surface area (TPSA) is 81.5 Å². The van der Waals surface area contributed by atoms with Crippen LogP contribution in [0.5, 0.6) is 11.5 Å². The quantitative estimate of drug-likeness (QED) is 0.560. The molecule has 32 heavy (non-hydrogen) atoms. The van der Waals surface area contributed by atoms with Crippen molar-refractivity contribution >= 4 is 39.1 Å². The Kier molecular flexibility index (Phi) is 5.36. The van der Waals surface area contributed by atoms with Gasteiger partial charge in [-0.15, -0.1) is 11.3 Å². The first-order chi connectivity index (χ1) is 15.6. The predicted molar refractivity (Wildman–Crippen MR) is 123 cm³/mol. The number of amides is 1. The monoisotopic (exact) mass is 454 g/mol. The molecule has 0 saturated carbocycles. The number of carbonyl (C=O) groups excluding carboxylic acids is 1. The summed E-state index contributed by atoms with van der Waals surface area (Å²) in [6, 6.07) is 5.21. The van der Waals surface area contributed by atoms with Gasteiger partial charge in [-0.25, -0.2) is 0 Å². The molecule has 0 atom stereocenters. The molecule has 0 unspecified atom stereocenters. The maximum absolute atomic E-state index is 12.8. The Labute approximate surface area is 188 Å². The molecule has 1 fully saturated rings. The number of carbonyl (C=O) groups is 1. The molecular weight excluding hydrogens is 432 g/mol. The Morgan fingerprint density at radius 3 is 2.75 bits per heavy atom. The van der Waals surface area contributed by atoms with Crippen molar-refractivity contribution in [2.45, 2.75) is 0 Å². The summed E-state index contributed by atoms with van der Waals surface area (Å²) < 4.78 is 23.7. The van der Waals surface area contributed by atoms with Gasteiger partial charge >= 0.3 is 0 Å². The average molecular weight is 455 g/mol. The second-order valence-corrected chi connectivity index (χ2v) is 8.27. The van der Waals surface area contributed by atoms with Gasteiger partial charge in [-0.05, 0) is 18.2 Å². The van der Waals surface area contributed by atoms with Crippen LogP contribution in [0, 0.1) is 0 Å². The van der Waals surface area contributed by atoms with E-state index >= 15 is 0 Å². The highest BCUT2D eigenvalue weighted by Crippen LogP contribution is 2.48. The van der Waals surface area contributed by atoms with Crippen LogP contribution >= 0.6 is 11.3 Å². The van der Waals surface area contributed by atoms with Crippen LogP contribution in [0.1, 0.15) is 0 Å². The third-order valence-corrected chi connectivity index (χ3v) is 6.60. The van der Waals surface area contributed by atoms with E-state index in [9.17, 15) is 9.59 Å². The highest BCUT2D eigenvalue weighted by atomic mass is 32.1. The minimum absolute atomic E-state index is 0.0901.